The Labute approximate surface area is 134 Å². The van der Waals surface area contributed by atoms with Crippen molar-refractivity contribution < 1.29 is 45.4 Å². The third-order valence-corrected chi connectivity index (χ3v) is 4.18. The van der Waals surface area contributed by atoms with Gasteiger partial charge in [-0.15, -0.1) is 0 Å². The first-order valence-corrected chi connectivity index (χ1v) is 7.22. The Morgan fingerprint density at radius 1 is 0.917 bits per heavy atom. The predicted molar refractivity (Wildman–Crippen MR) is 68.7 cm³/mol. The molecule has 0 amide bonds. The highest BCUT2D eigenvalue weighted by Crippen LogP contribution is 2.40. The van der Waals surface area contributed by atoms with Crippen LogP contribution in [0, 0.1) is 11.8 Å². The highest BCUT2D eigenvalue weighted by molar-refractivity contribution is 5.76. The molecular weight excluding hydrogens is 346 g/mol. The molecule has 0 spiro atoms. The SMILES string of the molecule is CC1CCC(C(C)(C)OC(=O)C(F)(F)F)CC1OC(=O)C(F)(F)F. The molecule has 1 saturated carbocycles. The molecule has 0 bridgehead atoms. The van der Waals surface area contributed by atoms with E-state index in [0.717, 1.165) is 0 Å². The molecule has 0 saturated heterocycles. The third-order valence-electron chi connectivity index (χ3n) is 4.18. The lowest BCUT2D eigenvalue weighted by atomic mass is 9.73. The average Bonchev–Trinajstić information content (AvgIpc) is 2.38. The Morgan fingerprint density at radius 3 is 1.88 bits per heavy atom. The van der Waals surface area contributed by atoms with Crippen LogP contribution in [0.15, 0.2) is 0 Å². The lowest BCUT2D eigenvalue weighted by Crippen LogP contribution is -2.46. The van der Waals surface area contributed by atoms with E-state index in [1.807, 2.05) is 0 Å². The molecule has 0 heterocycles. The maximum Gasteiger partial charge on any atom is 0.490 e. The zero-order chi connectivity index (χ0) is 18.9. The lowest BCUT2D eigenvalue weighted by Gasteiger charge is -2.41. The molecule has 0 aliphatic heterocycles. The number of ether oxygens (including phenoxy) is 2. The van der Waals surface area contributed by atoms with E-state index in [-0.39, 0.29) is 12.3 Å². The van der Waals surface area contributed by atoms with Gasteiger partial charge < -0.3 is 9.47 Å². The molecule has 10 heteroatoms. The summed E-state index contributed by atoms with van der Waals surface area (Å²) in [5.74, 6) is -5.77. The number of hydrogen-bond acceptors (Lipinski definition) is 4. The summed E-state index contributed by atoms with van der Waals surface area (Å²) in [5, 5.41) is 0. The topological polar surface area (TPSA) is 52.6 Å². The minimum Gasteiger partial charge on any atom is -0.455 e. The fourth-order valence-electron chi connectivity index (χ4n) is 2.66. The predicted octanol–water partition coefficient (Wildman–Crippen LogP) is 3.78. The lowest BCUT2D eigenvalue weighted by molar-refractivity contribution is -0.221. The number of esters is 2. The van der Waals surface area contributed by atoms with E-state index in [0.29, 0.717) is 12.8 Å². The van der Waals surface area contributed by atoms with Crippen LogP contribution < -0.4 is 0 Å². The number of alkyl halides is 6. The van der Waals surface area contributed by atoms with Crippen LogP contribution in [0.1, 0.15) is 40.0 Å². The van der Waals surface area contributed by atoms with Crippen LogP contribution in [-0.2, 0) is 19.1 Å². The second kappa shape index (κ2) is 6.79. The first kappa shape index (κ1) is 20.6. The molecule has 3 atom stereocenters. The maximum absolute atomic E-state index is 12.3. The fraction of sp³-hybridized carbons (Fsp3) is 0.857. The summed E-state index contributed by atoms with van der Waals surface area (Å²) >= 11 is 0. The van der Waals surface area contributed by atoms with Gasteiger partial charge in [-0.25, -0.2) is 9.59 Å². The van der Waals surface area contributed by atoms with Crippen molar-refractivity contribution in [1.82, 2.24) is 0 Å². The van der Waals surface area contributed by atoms with Crippen LogP contribution in [-0.4, -0.2) is 36.0 Å². The molecule has 1 aliphatic carbocycles. The molecule has 1 aliphatic rings. The van der Waals surface area contributed by atoms with E-state index in [1.54, 1.807) is 6.92 Å². The second-order valence-electron chi connectivity index (χ2n) is 6.42. The van der Waals surface area contributed by atoms with Gasteiger partial charge in [0, 0.05) is 5.92 Å². The summed E-state index contributed by atoms with van der Waals surface area (Å²) in [4.78, 5) is 22.0. The van der Waals surface area contributed by atoms with Gasteiger partial charge in [0.15, 0.2) is 0 Å². The number of hydrogen-bond donors (Lipinski definition) is 0. The van der Waals surface area contributed by atoms with E-state index in [2.05, 4.69) is 9.47 Å². The molecule has 0 N–H and O–H groups in total. The molecule has 0 aromatic rings. The van der Waals surface area contributed by atoms with Crippen molar-refractivity contribution in [2.45, 2.75) is 64.1 Å². The third kappa shape index (κ3) is 5.27. The van der Waals surface area contributed by atoms with Crippen molar-refractivity contribution in [2.75, 3.05) is 0 Å². The molecule has 0 radical (unpaired) electrons. The highest BCUT2D eigenvalue weighted by atomic mass is 19.4. The van der Waals surface area contributed by atoms with Crippen LogP contribution >= 0.6 is 0 Å². The molecule has 0 aromatic heterocycles. The van der Waals surface area contributed by atoms with Crippen molar-refractivity contribution in [3.8, 4) is 0 Å². The van der Waals surface area contributed by atoms with E-state index < -0.39 is 41.9 Å². The minimum absolute atomic E-state index is 0.124. The highest BCUT2D eigenvalue weighted by Gasteiger charge is 2.49. The first-order chi connectivity index (χ1) is 10.6. The molecule has 4 nitrogen and oxygen atoms in total. The Kier molecular flexibility index (Phi) is 5.82. The largest absolute Gasteiger partial charge is 0.490 e. The molecular formula is C14H18F6O4. The van der Waals surface area contributed by atoms with Crippen molar-refractivity contribution in [3.05, 3.63) is 0 Å². The van der Waals surface area contributed by atoms with Crippen LogP contribution in [0.25, 0.3) is 0 Å². The Hall–Kier alpha value is -1.48. The molecule has 3 unspecified atom stereocenters. The summed E-state index contributed by atoms with van der Waals surface area (Å²) in [6.45, 7) is 4.08. The van der Waals surface area contributed by atoms with Gasteiger partial charge in [-0.3, -0.25) is 0 Å². The van der Waals surface area contributed by atoms with E-state index in [1.165, 1.54) is 13.8 Å². The van der Waals surface area contributed by atoms with Crippen LogP contribution in [0.4, 0.5) is 26.3 Å². The summed E-state index contributed by atoms with van der Waals surface area (Å²) in [5.41, 5.74) is -1.56. The van der Waals surface area contributed by atoms with Gasteiger partial charge in [0.1, 0.15) is 11.7 Å². The van der Waals surface area contributed by atoms with E-state index in [4.69, 9.17) is 0 Å². The van der Waals surface area contributed by atoms with E-state index >= 15 is 0 Å². The first-order valence-electron chi connectivity index (χ1n) is 7.22. The molecule has 1 fully saturated rings. The van der Waals surface area contributed by atoms with E-state index in [9.17, 15) is 35.9 Å². The summed E-state index contributed by atoms with van der Waals surface area (Å²) in [6.07, 6.45) is -10.9. The van der Waals surface area contributed by atoms with Crippen molar-refractivity contribution in [3.63, 3.8) is 0 Å². The zero-order valence-corrected chi connectivity index (χ0v) is 13.3. The van der Waals surface area contributed by atoms with Gasteiger partial charge in [-0.1, -0.05) is 6.92 Å². The van der Waals surface area contributed by atoms with Crippen LogP contribution in [0.5, 0.6) is 0 Å². The maximum atomic E-state index is 12.3. The molecule has 140 valence electrons. The Balaban J connectivity index is 2.80. The van der Waals surface area contributed by atoms with Gasteiger partial charge in [0.05, 0.1) is 0 Å². The normalized spacial score (nSPS) is 26.0. The van der Waals surface area contributed by atoms with Gasteiger partial charge in [0.2, 0.25) is 0 Å². The van der Waals surface area contributed by atoms with Crippen molar-refractivity contribution >= 4 is 11.9 Å². The van der Waals surface area contributed by atoms with Gasteiger partial charge in [-0.2, -0.15) is 26.3 Å². The number of halogens is 6. The average molecular weight is 364 g/mol. The van der Waals surface area contributed by atoms with Gasteiger partial charge in [0.25, 0.3) is 0 Å². The monoisotopic (exact) mass is 364 g/mol. The standard InChI is InChI=1S/C14H18F6O4/c1-7-4-5-8(6-9(7)23-10(21)13(15,16)17)12(2,3)24-11(22)14(18,19)20/h7-9H,4-6H2,1-3H3. The Morgan fingerprint density at radius 2 is 1.42 bits per heavy atom. The minimum atomic E-state index is -5.17. The molecule has 1 rings (SSSR count). The van der Waals surface area contributed by atoms with Crippen LogP contribution in [0.2, 0.25) is 0 Å². The number of carbonyl (C=O) groups excluding carboxylic acids is 2. The van der Waals surface area contributed by atoms with Crippen molar-refractivity contribution in [2.24, 2.45) is 11.8 Å². The molecule has 0 aromatic carbocycles. The summed E-state index contributed by atoms with van der Waals surface area (Å²) < 4.78 is 82.8. The zero-order valence-electron chi connectivity index (χ0n) is 13.3. The Bertz CT molecular complexity index is 483. The summed E-state index contributed by atoms with van der Waals surface area (Å²) in [7, 11) is 0. The molecule has 24 heavy (non-hydrogen) atoms. The van der Waals surface area contributed by atoms with Crippen molar-refractivity contribution in [1.29, 1.82) is 0 Å². The fourth-order valence-corrected chi connectivity index (χ4v) is 2.66. The second-order valence-corrected chi connectivity index (χ2v) is 6.42. The quantitative estimate of drug-likeness (QED) is 0.565. The van der Waals surface area contributed by atoms with Crippen LogP contribution in [0.3, 0.4) is 0 Å². The summed E-state index contributed by atoms with van der Waals surface area (Å²) in [6, 6.07) is 0. The number of carbonyl (C=O) groups is 2. The smallest absolute Gasteiger partial charge is 0.455 e. The van der Waals surface area contributed by atoms with Gasteiger partial charge >= 0.3 is 24.3 Å². The number of rotatable bonds is 3. The van der Waals surface area contributed by atoms with Gasteiger partial charge in [-0.05, 0) is 39.0 Å².